The molecule has 3 fully saturated rings. The predicted octanol–water partition coefficient (Wildman–Crippen LogP) is 0.294. The van der Waals surface area contributed by atoms with Crippen LogP contribution in [0, 0.1) is 11.3 Å². The molecule has 2 saturated heterocycles. The first-order chi connectivity index (χ1) is 46.9. The number of fused-ring (bicyclic) bond motifs is 6. The van der Waals surface area contributed by atoms with E-state index < -0.39 is 141 Å². The highest BCUT2D eigenvalue weighted by Gasteiger charge is 2.79. The van der Waals surface area contributed by atoms with Crippen molar-refractivity contribution in [3.63, 3.8) is 0 Å². The fourth-order valence-electron chi connectivity index (χ4n) is 16.7. The molecule has 1 aromatic heterocycles. The minimum Gasteiger partial charge on any atom is -0.496 e. The molecule has 5 amide bonds. The molecule has 5 aliphatic heterocycles. The summed E-state index contributed by atoms with van der Waals surface area (Å²) in [4.78, 5) is 135. The Kier molecular flexibility index (Phi) is 22.9. The Bertz CT molecular complexity index is 3670. The van der Waals surface area contributed by atoms with Crippen LogP contribution in [0.3, 0.4) is 0 Å². The lowest BCUT2D eigenvalue weighted by Gasteiger charge is -2.63. The summed E-state index contributed by atoms with van der Waals surface area (Å²) in [7, 11) is 8.00. The van der Waals surface area contributed by atoms with Crippen LogP contribution in [0.5, 0.6) is 5.75 Å². The molecule has 2 bridgehead atoms. The molecule has 31 nitrogen and oxygen atoms in total. The molecule has 6 heterocycles. The van der Waals surface area contributed by atoms with Crippen LogP contribution in [-0.4, -0.2) is 243 Å². The number of aromatic nitrogens is 1. The number of hydrogen-bond acceptors (Lipinski definition) is 22. The lowest BCUT2D eigenvalue weighted by Crippen LogP contribution is -2.82. The third-order valence-electron chi connectivity index (χ3n) is 21.0. The Labute approximate surface area is 580 Å². The van der Waals surface area contributed by atoms with Crippen molar-refractivity contribution in [2.45, 2.75) is 161 Å². The van der Waals surface area contributed by atoms with Crippen LogP contribution in [-0.2, 0) is 65.1 Å². The highest BCUT2D eigenvalue weighted by atomic mass is 33.1. The maximum atomic E-state index is 15.6. The van der Waals surface area contributed by atoms with E-state index in [1.807, 2.05) is 62.4 Å². The van der Waals surface area contributed by atoms with E-state index in [0.29, 0.717) is 93.1 Å². The fourth-order valence-corrected chi connectivity index (χ4v) is 19.1. The number of benzene rings is 2. The van der Waals surface area contributed by atoms with E-state index in [1.54, 1.807) is 11.9 Å². The summed E-state index contributed by atoms with van der Waals surface area (Å²) in [5, 5.41) is 78.9. The number of piperidine rings is 1. The van der Waals surface area contributed by atoms with E-state index in [9.17, 15) is 64.2 Å². The number of aliphatic imine (C=N–C) groups is 1. The third-order valence-corrected chi connectivity index (χ3v) is 24.3. The molecule has 33 heteroatoms. The van der Waals surface area contributed by atoms with Crippen LogP contribution in [0.15, 0.2) is 53.5 Å². The molecule has 0 radical (unpaired) electrons. The number of aliphatic carboxylic acids is 3. The van der Waals surface area contributed by atoms with E-state index >= 15 is 9.59 Å². The molecule has 1 spiro atoms. The first-order valence-electron chi connectivity index (χ1n) is 33.1. The normalized spacial score (nSPS) is 27.9. The third kappa shape index (κ3) is 14.3. The number of rotatable bonds is 28. The number of aliphatic hydroxyl groups excluding tert-OH is 1. The number of carboxylic acids is 3. The van der Waals surface area contributed by atoms with Crippen LogP contribution >= 0.6 is 21.6 Å². The van der Waals surface area contributed by atoms with Gasteiger partial charge in [-0.3, -0.25) is 53.8 Å². The number of anilines is 1. The van der Waals surface area contributed by atoms with Crippen LogP contribution in [0.1, 0.15) is 108 Å². The van der Waals surface area contributed by atoms with Crippen LogP contribution in [0.4, 0.5) is 10.5 Å². The fraction of sp³-hybridized carbons (Fsp3) is 0.606. The molecule has 1 aliphatic carbocycles. The van der Waals surface area contributed by atoms with Gasteiger partial charge in [-0.15, -0.1) is 0 Å². The summed E-state index contributed by atoms with van der Waals surface area (Å²) in [6.45, 7) is 9.26. The number of nitrogens with zero attached hydrogens (tertiary/aromatic N) is 4. The quantitative estimate of drug-likeness (QED) is 0.00884. The number of carbonyl (C=O) groups excluding carboxylic acids is 6. The van der Waals surface area contributed by atoms with Crippen molar-refractivity contribution in [3.8, 4) is 5.75 Å². The van der Waals surface area contributed by atoms with Gasteiger partial charge in [0.25, 0.3) is 5.91 Å². The minimum absolute atomic E-state index is 0.0152. The monoisotopic (exact) mass is 1420 g/mol. The number of esters is 1. The molecule has 17 N–H and O–H groups in total. The highest BCUT2D eigenvalue weighted by molar-refractivity contribution is 8.77. The highest BCUT2D eigenvalue weighted by Crippen LogP contribution is 2.68. The number of ether oxygens (including phenoxy) is 3. The number of carboxylic acid groups (broad SMARTS) is 3. The van der Waals surface area contributed by atoms with Gasteiger partial charge in [-0.25, -0.2) is 15.0 Å². The first-order valence-corrected chi connectivity index (χ1v) is 35.4. The second-order valence-electron chi connectivity index (χ2n) is 27.2. The summed E-state index contributed by atoms with van der Waals surface area (Å²) in [6, 6.07) is 3.48. The van der Waals surface area contributed by atoms with Crippen molar-refractivity contribution in [2.75, 3.05) is 84.8 Å². The van der Waals surface area contributed by atoms with Gasteiger partial charge < -0.3 is 87.5 Å². The molecule has 6 aliphatic rings. The van der Waals surface area contributed by atoms with Gasteiger partial charge in [0.15, 0.2) is 11.6 Å². The summed E-state index contributed by atoms with van der Waals surface area (Å²) in [5.74, 6) is -9.80. The molecule has 1 saturated carbocycles. The zero-order chi connectivity index (χ0) is 72.3. The summed E-state index contributed by atoms with van der Waals surface area (Å²) in [5.41, 5.74) is 11.7. The average molecular weight is 1420 g/mol. The van der Waals surface area contributed by atoms with Gasteiger partial charge in [0.05, 0.1) is 49.5 Å². The summed E-state index contributed by atoms with van der Waals surface area (Å²) in [6.07, 6.45) is 1.56. The molecule has 1 unspecified atom stereocenters. The van der Waals surface area contributed by atoms with Gasteiger partial charge >= 0.3 is 30.0 Å². The molecular weight excluding hydrogens is 1330 g/mol. The van der Waals surface area contributed by atoms with Gasteiger partial charge in [-0.2, -0.15) is 0 Å². The minimum atomic E-state index is -2.70. The topological polar surface area (TPSA) is 465 Å². The van der Waals surface area contributed by atoms with Crippen molar-refractivity contribution in [2.24, 2.45) is 27.8 Å². The van der Waals surface area contributed by atoms with Crippen molar-refractivity contribution < 1.29 is 88.0 Å². The largest absolute Gasteiger partial charge is 0.496 e. The maximum absolute atomic E-state index is 15.6. The Hall–Kier alpha value is -7.92. The van der Waals surface area contributed by atoms with Gasteiger partial charge in [-0.05, 0) is 108 Å². The predicted molar refractivity (Wildman–Crippen MR) is 366 cm³/mol. The number of guanidine groups is 1. The smallest absolute Gasteiger partial charge is 0.426 e. The Morgan fingerprint density at radius 1 is 0.869 bits per heavy atom. The van der Waals surface area contributed by atoms with Crippen molar-refractivity contribution in [1.29, 1.82) is 0 Å². The molecule has 14 atom stereocenters. The molecule has 9 rings (SSSR count). The van der Waals surface area contributed by atoms with Gasteiger partial charge in [0, 0.05) is 96.3 Å². The zero-order valence-electron chi connectivity index (χ0n) is 56.8. The first kappa shape index (κ1) is 75.3. The number of nitrogens with two attached hydrogens (primary N) is 2. The van der Waals surface area contributed by atoms with E-state index in [4.69, 9.17) is 25.7 Å². The lowest BCUT2D eigenvalue weighted by molar-refractivity contribution is -0.204. The Morgan fingerprint density at radius 2 is 1.55 bits per heavy atom. The number of nitrogens with one attached hydrogen (secondary N) is 7. The number of hydrogen-bond donors (Lipinski definition) is 15. The number of aromatic amines is 1. The van der Waals surface area contributed by atoms with Crippen LogP contribution in [0.25, 0.3) is 10.9 Å². The molecule has 542 valence electrons. The SMILES string of the molecule is CC[C@]1(O)C[C@H]2CN(CCc3c([nH]c4ccccc34)[C@@](C(=O)OC)(c3cc4c(cc3OC)N(C)[C@H]3[C@@](O)(C(=O)NNC(=O)OCCSSC(C)(C)[C@H](NC(=O)[C@H](CC(=O)O)NC(=O)[C@H](CC(=O)O)NC(=O)[C@H](CCCN=C(N)N)NC)C(=O)O)[C@H](O)[C@]5(CC)C=CCN6CC[C@]43[C@@H]65)C2)C1. The van der Waals surface area contributed by atoms with E-state index in [1.165, 1.54) is 35.1 Å². The Balaban J connectivity index is 0.916. The van der Waals surface area contributed by atoms with Crippen molar-refractivity contribution in [3.05, 3.63) is 70.9 Å². The number of methoxy groups -OCH3 is 2. The summed E-state index contributed by atoms with van der Waals surface area (Å²) < 4.78 is 16.4. The van der Waals surface area contributed by atoms with Gasteiger partial charge in [0.2, 0.25) is 17.7 Å². The van der Waals surface area contributed by atoms with E-state index in [2.05, 4.69) is 51.9 Å². The molecule has 3 aromatic rings. The number of hydrazine groups is 1. The van der Waals surface area contributed by atoms with Gasteiger partial charge in [-0.1, -0.05) is 65.8 Å². The number of likely N-dealkylation sites (N-methyl/N-ethyl adjacent to an activating group) is 2. The van der Waals surface area contributed by atoms with Crippen LogP contribution < -0.4 is 53.2 Å². The zero-order valence-corrected chi connectivity index (χ0v) is 58.4. The Morgan fingerprint density at radius 3 is 2.17 bits per heavy atom. The molecule has 99 heavy (non-hydrogen) atoms. The van der Waals surface area contributed by atoms with E-state index in [0.717, 1.165) is 38.1 Å². The number of aliphatic hydroxyl groups is 3. The number of para-hydroxylation sites is 1. The maximum Gasteiger partial charge on any atom is 0.426 e. The average Bonchev–Trinajstić information content (AvgIpc) is 1.50. The van der Waals surface area contributed by atoms with E-state index in [-0.39, 0.29) is 50.0 Å². The van der Waals surface area contributed by atoms with Crippen molar-refractivity contribution in [1.82, 2.24) is 46.9 Å². The van der Waals surface area contributed by atoms with Crippen LogP contribution in [0.2, 0.25) is 0 Å². The number of amides is 5. The standard InChI is InChI=1S/C66H93N13O18S2/c1-9-62(93)31-35-32-65(58(91)96-8,48-37(18-23-78(33-35)34-62)36-15-11-12-16-40(36)71-48)39-27-38-44(30-45(39)95-7)77(6)55-64(38)20-24-79-22-14-19-63(10-2,54(64)79)56(89)66(55,94)57(90)75-76-60(92)97-25-26-98-99-61(3,4)49(53(87)88)74-52(86)43(29-47(82)83)73-51(85)42(28-46(80)81)72-50(84)41(69-5)17-13-21-70-59(67)68/h11-12,14-16,19,27,30,35,41-43,49,54-56,69,71,89,93-94H,9-10,13,17-18,20-26,28-29,31-34H2,1-8H3,(H,72,84)(H,73,85)(H,74,86)(H,75,90)(H,76,92)(H,80,81)(H,82,83)(H,87,88)(H4,67,68,70)/t35-,41+,42+,43+,49-,54+,55-,56-,62+,63-,64-,65+,66+/m1/s1. The van der Waals surface area contributed by atoms with Crippen molar-refractivity contribution >= 4 is 97.7 Å². The molecule has 2 aromatic carbocycles. The number of H-pyrrole nitrogens is 1. The second kappa shape index (κ2) is 30.1. The number of carbonyl (C=O) groups is 9. The van der Waals surface area contributed by atoms with Gasteiger partial charge in [0.1, 0.15) is 42.0 Å². The molecular formula is C66H93N13O18S2. The second-order valence-corrected chi connectivity index (χ2v) is 30.3. The summed E-state index contributed by atoms with van der Waals surface area (Å²) >= 11 is 0. The lowest BCUT2D eigenvalue weighted by atomic mass is 9.47.